The Morgan fingerprint density at radius 2 is 1.97 bits per heavy atom. The second-order valence-electron chi connectivity index (χ2n) is 6.50. The lowest BCUT2D eigenvalue weighted by Gasteiger charge is -2.11. The van der Waals surface area contributed by atoms with Crippen LogP contribution in [-0.2, 0) is 11.3 Å². The first-order valence-corrected chi connectivity index (χ1v) is 9.46. The number of esters is 1. The fourth-order valence-electron chi connectivity index (χ4n) is 2.99. The number of anilines is 1. The second-order valence-corrected chi connectivity index (χ2v) is 6.50. The molecular formula is C20H26N4O5. The van der Waals surface area contributed by atoms with Gasteiger partial charge in [0.1, 0.15) is 11.3 Å². The van der Waals surface area contributed by atoms with E-state index in [0.717, 1.165) is 12.8 Å². The minimum absolute atomic E-state index is 0.0166. The summed E-state index contributed by atoms with van der Waals surface area (Å²) in [6.45, 7) is 8.07. The summed E-state index contributed by atoms with van der Waals surface area (Å²) in [6.07, 6.45) is 1.82. The summed E-state index contributed by atoms with van der Waals surface area (Å²) in [4.78, 5) is 22.6. The molecule has 0 saturated carbocycles. The number of nitrogens with one attached hydrogen (secondary N) is 1. The summed E-state index contributed by atoms with van der Waals surface area (Å²) < 4.78 is 6.94. The van der Waals surface area contributed by atoms with Gasteiger partial charge < -0.3 is 14.4 Å². The van der Waals surface area contributed by atoms with Crippen LogP contribution in [0.15, 0.2) is 29.4 Å². The van der Waals surface area contributed by atoms with E-state index in [0.29, 0.717) is 29.3 Å². The molecule has 0 fully saturated rings. The summed E-state index contributed by atoms with van der Waals surface area (Å²) in [5.74, 6) is -0.737. The van der Waals surface area contributed by atoms with Gasteiger partial charge in [-0.15, -0.1) is 0 Å². The molecule has 0 aliphatic rings. The Hall–Kier alpha value is -3.36. The van der Waals surface area contributed by atoms with Crippen molar-refractivity contribution >= 4 is 23.1 Å². The molecule has 29 heavy (non-hydrogen) atoms. The Balaban J connectivity index is 2.39. The van der Waals surface area contributed by atoms with E-state index in [1.807, 2.05) is 4.57 Å². The SMILES string of the molecule is CCCCn1c(C)c(C(=O)OCC)c(O)c1/C(C)=N/Nc1ccc([N+](=O)[O-])cc1. The average molecular weight is 402 g/mol. The van der Waals surface area contributed by atoms with Crippen LogP contribution in [0.3, 0.4) is 0 Å². The van der Waals surface area contributed by atoms with Crippen molar-refractivity contribution in [3.8, 4) is 5.75 Å². The van der Waals surface area contributed by atoms with Gasteiger partial charge in [-0.2, -0.15) is 5.10 Å². The molecule has 0 amide bonds. The molecule has 156 valence electrons. The van der Waals surface area contributed by atoms with Crippen LogP contribution in [0, 0.1) is 17.0 Å². The number of rotatable bonds is 9. The molecule has 2 aromatic rings. The molecule has 9 nitrogen and oxygen atoms in total. The van der Waals surface area contributed by atoms with Crippen LogP contribution >= 0.6 is 0 Å². The van der Waals surface area contributed by atoms with Gasteiger partial charge in [0.15, 0.2) is 5.75 Å². The number of ether oxygens (including phenoxy) is 1. The first kappa shape index (κ1) is 21.9. The van der Waals surface area contributed by atoms with Crippen molar-refractivity contribution in [3.63, 3.8) is 0 Å². The molecule has 0 aliphatic heterocycles. The highest BCUT2D eigenvalue weighted by Gasteiger charge is 2.27. The number of hydrazone groups is 1. The number of benzene rings is 1. The van der Waals surface area contributed by atoms with Gasteiger partial charge in [0.2, 0.25) is 0 Å². The number of aromatic nitrogens is 1. The zero-order valence-electron chi connectivity index (χ0n) is 17.1. The van der Waals surface area contributed by atoms with Gasteiger partial charge in [-0.1, -0.05) is 13.3 Å². The van der Waals surface area contributed by atoms with Gasteiger partial charge in [-0.05, 0) is 39.3 Å². The smallest absolute Gasteiger partial charge is 0.343 e. The topological polar surface area (TPSA) is 119 Å². The molecule has 0 unspecified atom stereocenters. The van der Waals surface area contributed by atoms with Crippen molar-refractivity contribution < 1.29 is 19.6 Å². The molecule has 0 radical (unpaired) electrons. The third-order valence-electron chi connectivity index (χ3n) is 4.49. The average Bonchev–Trinajstić information content (AvgIpc) is 2.94. The lowest BCUT2D eigenvalue weighted by Crippen LogP contribution is -2.11. The molecular weight excluding hydrogens is 376 g/mol. The second kappa shape index (κ2) is 9.72. The molecule has 2 N–H and O–H groups in total. The van der Waals surface area contributed by atoms with E-state index in [1.54, 1.807) is 32.9 Å². The minimum Gasteiger partial charge on any atom is -0.505 e. The van der Waals surface area contributed by atoms with Crippen molar-refractivity contribution in [2.24, 2.45) is 5.10 Å². The van der Waals surface area contributed by atoms with E-state index in [9.17, 15) is 20.0 Å². The van der Waals surface area contributed by atoms with Crippen molar-refractivity contribution in [2.45, 2.75) is 47.1 Å². The first-order chi connectivity index (χ1) is 13.8. The van der Waals surface area contributed by atoms with Crippen molar-refractivity contribution in [1.29, 1.82) is 0 Å². The number of nitrogens with zero attached hydrogens (tertiary/aromatic N) is 3. The molecule has 9 heteroatoms. The monoisotopic (exact) mass is 402 g/mol. The Morgan fingerprint density at radius 1 is 1.31 bits per heavy atom. The number of carbonyl (C=O) groups excluding carboxylic acids is 1. The molecule has 0 saturated heterocycles. The quantitative estimate of drug-likeness (QED) is 0.280. The number of hydrogen-bond donors (Lipinski definition) is 2. The first-order valence-electron chi connectivity index (χ1n) is 9.46. The fraction of sp³-hybridized carbons (Fsp3) is 0.400. The third-order valence-corrected chi connectivity index (χ3v) is 4.49. The number of hydrogen-bond acceptors (Lipinski definition) is 7. The Morgan fingerprint density at radius 3 is 2.52 bits per heavy atom. The number of non-ortho nitro benzene ring substituents is 1. The zero-order valence-corrected chi connectivity index (χ0v) is 17.1. The summed E-state index contributed by atoms with van der Waals surface area (Å²) >= 11 is 0. The number of aromatic hydroxyl groups is 1. The van der Waals surface area contributed by atoms with Gasteiger partial charge in [0.05, 0.1) is 22.9 Å². The molecule has 1 aromatic carbocycles. The van der Waals surface area contributed by atoms with Gasteiger partial charge in [-0.3, -0.25) is 15.5 Å². The van der Waals surface area contributed by atoms with Crippen LogP contribution in [0.1, 0.15) is 55.4 Å². The maximum absolute atomic E-state index is 12.3. The number of carbonyl (C=O) groups is 1. The van der Waals surface area contributed by atoms with Crippen molar-refractivity contribution in [1.82, 2.24) is 4.57 Å². The largest absolute Gasteiger partial charge is 0.505 e. The highest BCUT2D eigenvalue weighted by molar-refractivity contribution is 6.05. The Bertz CT molecular complexity index is 916. The van der Waals surface area contributed by atoms with Gasteiger partial charge >= 0.3 is 5.97 Å². The van der Waals surface area contributed by atoms with E-state index in [4.69, 9.17) is 4.74 Å². The van der Waals surface area contributed by atoms with E-state index in [2.05, 4.69) is 17.5 Å². The molecule has 1 aromatic heterocycles. The molecule has 0 bridgehead atoms. The third kappa shape index (κ3) is 4.92. The van der Waals surface area contributed by atoms with E-state index < -0.39 is 10.9 Å². The number of nitro groups is 1. The highest BCUT2D eigenvalue weighted by atomic mass is 16.6. The van der Waals surface area contributed by atoms with Crippen LogP contribution in [0.5, 0.6) is 5.75 Å². The fourth-order valence-corrected chi connectivity index (χ4v) is 2.99. The maximum atomic E-state index is 12.3. The van der Waals surface area contributed by atoms with Crippen LogP contribution in [0.2, 0.25) is 0 Å². The molecule has 0 aliphatic carbocycles. The van der Waals surface area contributed by atoms with Crippen LogP contribution < -0.4 is 5.43 Å². The molecule has 2 rings (SSSR count). The van der Waals surface area contributed by atoms with Gasteiger partial charge in [0.25, 0.3) is 5.69 Å². The summed E-state index contributed by atoms with van der Waals surface area (Å²) in [7, 11) is 0. The number of nitro benzene ring substituents is 1. The van der Waals surface area contributed by atoms with E-state index in [-0.39, 0.29) is 23.6 Å². The Kier molecular flexibility index (Phi) is 7.35. The molecule has 1 heterocycles. The predicted octanol–water partition coefficient (Wildman–Crippen LogP) is 4.22. The number of unbranched alkanes of at least 4 members (excludes halogenated alkanes) is 1. The Labute approximate surface area is 169 Å². The zero-order chi connectivity index (χ0) is 21.6. The van der Waals surface area contributed by atoms with Crippen molar-refractivity contribution in [2.75, 3.05) is 12.0 Å². The minimum atomic E-state index is -0.574. The molecule has 0 spiro atoms. The molecule has 0 atom stereocenters. The van der Waals surface area contributed by atoms with Crippen molar-refractivity contribution in [3.05, 3.63) is 51.3 Å². The van der Waals surface area contributed by atoms with Gasteiger partial charge in [0, 0.05) is 24.4 Å². The summed E-state index contributed by atoms with van der Waals surface area (Å²) in [6, 6.07) is 5.83. The lowest BCUT2D eigenvalue weighted by atomic mass is 10.2. The van der Waals surface area contributed by atoms with Crippen LogP contribution in [0.4, 0.5) is 11.4 Å². The highest BCUT2D eigenvalue weighted by Crippen LogP contribution is 2.31. The maximum Gasteiger partial charge on any atom is 0.343 e. The van der Waals surface area contributed by atoms with Crippen LogP contribution in [-0.4, -0.2) is 32.9 Å². The summed E-state index contributed by atoms with van der Waals surface area (Å²) in [5.41, 5.74) is 5.04. The predicted molar refractivity (Wildman–Crippen MR) is 111 cm³/mol. The normalized spacial score (nSPS) is 11.4. The van der Waals surface area contributed by atoms with E-state index >= 15 is 0 Å². The van der Waals surface area contributed by atoms with E-state index in [1.165, 1.54) is 12.1 Å². The lowest BCUT2D eigenvalue weighted by molar-refractivity contribution is -0.384. The van der Waals surface area contributed by atoms with Gasteiger partial charge in [-0.25, -0.2) is 4.79 Å². The van der Waals surface area contributed by atoms with Crippen LogP contribution in [0.25, 0.3) is 0 Å². The summed E-state index contributed by atoms with van der Waals surface area (Å²) in [5, 5.41) is 25.8. The standard InChI is InChI=1S/C20H26N4O5/c1-5-7-12-23-14(4)17(20(26)29-6-2)19(25)18(23)13(3)21-22-15-8-10-16(11-9-15)24(27)28/h8-11,22,25H,5-7,12H2,1-4H3/b21-13+.